The first kappa shape index (κ1) is 6.55. The Morgan fingerprint density at radius 2 is 2.44 bits per heavy atom. The van der Waals surface area contributed by atoms with E-state index in [9.17, 15) is 4.79 Å². The highest BCUT2D eigenvalue weighted by atomic mass is 32.1. The minimum atomic E-state index is 0.826. The number of aldehydes is 1. The molecule has 0 fully saturated rings. The molecule has 0 spiro atoms. The van der Waals surface area contributed by atoms with Gasteiger partial charge in [-0.05, 0) is 10.8 Å². The number of thiophene rings is 1. The van der Waals surface area contributed by atoms with Gasteiger partial charge >= 0.3 is 0 Å². The van der Waals surface area contributed by atoms with Crippen LogP contribution in [0.3, 0.4) is 0 Å². The van der Waals surface area contributed by atoms with Crippen LogP contribution >= 0.6 is 11.3 Å². The van der Waals surface area contributed by atoms with E-state index in [1.54, 1.807) is 11.3 Å². The van der Waals surface area contributed by atoms with Gasteiger partial charge in [0, 0.05) is 0 Å². The van der Waals surface area contributed by atoms with Crippen molar-refractivity contribution >= 4 is 29.7 Å². The second kappa shape index (κ2) is 2.83. The number of hydrogen-bond acceptors (Lipinski definition) is 2. The number of carbonyl (C=O) groups is 1. The van der Waals surface area contributed by atoms with Gasteiger partial charge in [0.2, 0.25) is 0 Å². The first-order chi connectivity index (χ1) is 4.36. The highest BCUT2D eigenvalue weighted by molar-refractivity contribution is 7.22. The summed E-state index contributed by atoms with van der Waals surface area (Å²) >= 11 is 1.56. The van der Waals surface area contributed by atoms with E-state index in [1.807, 2.05) is 12.1 Å². The maximum atomic E-state index is 10.1. The first-order valence-electron chi connectivity index (χ1n) is 2.90. The summed E-state index contributed by atoms with van der Waals surface area (Å²) in [5.74, 6) is 0. The molecule has 0 aliphatic carbocycles. The Morgan fingerprint density at radius 3 is 2.78 bits per heavy atom. The van der Waals surface area contributed by atoms with Crippen molar-refractivity contribution in [2.45, 2.75) is 6.82 Å². The average molecular weight is 138 g/mol. The van der Waals surface area contributed by atoms with E-state index >= 15 is 0 Å². The summed E-state index contributed by atoms with van der Waals surface area (Å²) in [7, 11) is 1.03. The van der Waals surface area contributed by atoms with Gasteiger partial charge in [0.25, 0.3) is 0 Å². The summed E-state index contributed by atoms with van der Waals surface area (Å²) in [6.45, 7) is 2.08. The lowest BCUT2D eigenvalue weighted by Crippen LogP contribution is -2.01. The molecule has 0 bridgehead atoms. The molecule has 1 rings (SSSR count). The van der Waals surface area contributed by atoms with Crippen LogP contribution in [0, 0.1) is 0 Å². The van der Waals surface area contributed by atoms with Crippen LogP contribution in [0.15, 0.2) is 12.1 Å². The van der Waals surface area contributed by atoms with E-state index in [0.717, 1.165) is 18.4 Å². The van der Waals surface area contributed by atoms with Crippen LogP contribution in [-0.2, 0) is 0 Å². The van der Waals surface area contributed by atoms with Crippen molar-refractivity contribution in [2.75, 3.05) is 0 Å². The second-order valence-electron chi connectivity index (χ2n) is 1.78. The predicted molar refractivity (Wildman–Crippen MR) is 42.4 cm³/mol. The summed E-state index contributed by atoms with van der Waals surface area (Å²) in [6.07, 6.45) is 0.893. The summed E-state index contributed by atoms with van der Waals surface area (Å²) in [5.41, 5.74) is 0. The normalized spacial score (nSPS) is 9.00. The fraction of sp³-hybridized carbons (Fsp3) is 0.167. The molecule has 1 heterocycles. The van der Waals surface area contributed by atoms with Gasteiger partial charge in [0.05, 0.1) is 4.88 Å². The van der Waals surface area contributed by atoms with E-state index < -0.39 is 0 Å². The van der Waals surface area contributed by atoms with Crippen LogP contribution in [0.2, 0.25) is 6.82 Å². The third-order valence-corrected chi connectivity index (χ3v) is 2.30. The van der Waals surface area contributed by atoms with Gasteiger partial charge in [0.15, 0.2) is 13.6 Å². The highest BCUT2D eigenvalue weighted by Crippen LogP contribution is 2.01. The Balaban J connectivity index is 2.86. The van der Waals surface area contributed by atoms with Crippen molar-refractivity contribution in [1.29, 1.82) is 0 Å². The average Bonchev–Trinajstić information content (AvgIpc) is 2.34. The molecule has 3 heteroatoms. The van der Waals surface area contributed by atoms with E-state index in [0.29, 0.717) is 0 Å². The van der Waals surface area contributed by atoms with Crippen molar-refractivity contribution in [1.82, 2.24) is 0 Å². The smallest absolute Gasteiger partial charge is 0.167 e. The third-order valence-electron chi connectivity index (χ3n) is 1.15. The zero-order valence-electron chi connectivity index (χ0n) is 5.26. The van der Waals surface area contributed by atoms with Crippen LogP contribution in [0.4, 0.5) is 0 Å². The minimum Gasteiger partial charge on any atom is -0.297 e. The molecule has 9 heavy (non-hydrogen) atoms. The van der Waals surface area contributed by atoms with Crippen molar-refractivity contribution < 1.29 is 4.79 Å². The fourth-order valence-electron chi connectivity index (χ4n) is 0.648. The van der Waals surface area contributed by atoms with Crippen LogP contribution in [0.25, 0.3) is 0 Å². The Bertz CT molecular complexity index is 207. The highest BCUT2D eigenvalue weighted by Gasteiger charge is 1.94. The summed E-state index contributed by atoms with van der Waals surface area (Å²) in [5, 5.41) is 0. The second-order valence-corrected chi connectivity index (χ2v) is 2.98. The third kappa shape index (κ3) is 1.42. The molecule has 1 aromatic rings. The largest absolute Gasteiger partial charge is 0.297 e. The first-order valence-corrected chi connectivity index (χ1v) is 3.72. The molecular formula is C6H7BOS. The molecule has 0 aliphatic rings. The minimum absolute atomic E-state index is 0.826. The molecule has 0 aromatic carbocycles. The number of hydrogen-bond donors (Lipinski definition) is 0. The maximum absolute atomic E-state index is 10.1. The monoisotopic (exact) mass is 138 g/mol. The van der Waals surface area contributed by atoms with Crippen molar-refractivity contribution in [2.24, 2.45) is 0 Å². The molecule has 46 valence electrons. The lowest BCUT2D eigenvalue weighted by Gasteiger charge is -1.78. The van der Waals surface area contributed by atoms with Crippen LogP contribution < -0.4 is 4.78 Å². The van der Waals surface area contributed by atoms with Crippen LogP contribution in [0.5, 0.6) is 0 Å². The fourth-order valence-corrected chi connectivity index (χ4v) is 1.42. The summed E-state index contributed by atoms with van der Waals surface area (Å²) in [6, 6.07) is 3.85. The number of rotatable bonds is 2. The van der Waals surface area contributed by atoms with Gasteiger partial charge in [-0.15, -0.1) is 11.3 Å². The lowest BCUT2D eigenvalue weighted by molar-refractivity contribution is 0.112. The van der Waals surface area contributed by atoms with Gasteiger partial charge in [-0.25, -0.2) is 0 Å². The predicted octanol–water partition coefficient (Wildman–Crippen LogP) is 0.671. The zero-order chi connectivity index (χ0) is 6.69. The SMILES string of the molecule is CBc1ccc(C=O)s1. The van der Waals surface area contributed by atoms with E-state index in [2.05, 4.69) is 6.82 Å². The maximum Gasteiger partial charge on any atom is 0.167 e. The Hall–Kier alpha value is -0.565. The quantitative estimate of drug-likeness (QED) is 0.433. The van der Waals surface area contributed by atoms with Crippen molar-refractivity contribution in [3.8, 4) is 0 Å². The molecule has 0 atom stereocenters. The van der Waals surface area contributed by atoms with E-state index in [4.69, 9.17) is 0 Å². The molecule has 0 N–H and O–H groups in total. The van der Waals surface area contributed by atoms with Gasteiger partial charge in [-0.3, -0.25) is 4.79 Å². The Kier molecular flexibility index (Phi) is 2.06. The summed E-state index contributed by atoms with van der Waals surface area (Å²) < 4.78 is 1.28. The van der Waals surface area contributed by atoms with E-state index in [1.165, 1.54) is 4.78 Å². The van der Waals surface area contributed by atoms with Gasteiger partial charge in [0.1, 0.15) is 0 Å². The molecule has 0 saturated heterocycles. The standard InChI is InChI=1S/C6H7BOS/c1-7-6-3-2-5(4-8)9-6/h2-4,7H,1H3. The molecule has 0 amide bonds. The van der Waals surface area contributed by atoms with Crippen LogP contribution in [-0.4, -0.2) is 13.6 Å². The molecule has 1 nitrogen and oxygen atoms in total. The van der Waals surface area contributed by atoms with Gasteiger partial charge < -0.3 is 0 Å². The van der Waals surface area contributed by atoms with Crippen LogP contribution in [0.1, 0.15) is 9.67 Å². The Labute approximate surface area is 59.0 Å². The van der Waals surface area contributed by atoms with Gasteiger partial charge in [-0.1, -0.05) is 12.9 Å². The molecule has 1 aromatic heterocycles. The lowest BCUT2D eigenvalue weighted by atomic mass is 9.81. The van der Waals surface area contributed by atoms with Crippen molar-refractivity contribution in [3.05, 3.63) is 17.0 Å². The summed E-state index contributed by atoms with van der Waals surface area (Å²) in [4.78, 5) is 11.0. The molecule has 0 radical (unpaired) electrons. The zero-order valence-corrected chi connectivity index (χ0v) is 6.07. The molecule has 0 aliphatic heterocycles. The molecule has 0 unspecified atom stereocenters. The number of carbonyl (C=O) groups excluding carboxylic acids is 1. The topological polar surface area (TPSA) is 17.1 Å². The van der Waals surface area contributed by atoms with Crippen molar-refractivity contribution in [3.63, 3.8) is 0 Å². The molecule has 0 saturated carbocycles. The Morgan fingerprint density at radius 1 is 1.67 bits per heavy atom. The van der Waals surface area contributed by atoms with Gasteiger partial charge in [-0.2, -0.15) is 0 Å². The molecular weight excluding hydrogens is 131 g/mol. The van der Waals surface area contributed by atoms with E-state index in [-0.39, 0.29) is 0 Å².